The van der Waals surface area contributed by atoms with E-state index in [4.69, 9.17) is 4.74 Å². The maximum Gasteiger partial charge on any atom is 0.321 e. The molecule has 1 saturated heterocycles. The number of nitrogens with one attached hydrogen (secondary N) is 1. The summed E-state index contributed by atoms with van der Waals surface area (Å²) in [6.45, 7) is 5.35. The molecular formula is C23H27F2N3O2. The summed E-state index contributed by atoms with van der Waals surface area (Å²) in [5.74, 6) is -0.844. The molecule has 4 rings (SSSR count). The fourth-order valence-corrected chi connectivity index (χ4v) is 4.67. The summed E-state index contributed by atoms with van der Waals surface area (Å²) in [5.41, 5.74) is 2.73. The molecule has 1 fully saturated rings. The second-order valence-corrected chi connectivity index (χ2v) is 8.11. The Labute approximate surface area is 175 Å². The number of amides is 2. The highest BCUT2D eigenvalue weighted by atomic mass is 19.2. The zero-order valence-electron chi connectivity index (χ0n) is 17.4. The number of benzene rings is 2. The number of ether oxygens (including phenoxy) is 1. The number of piperidine rings is 1. The van der Waals surface area contributed by atoms with Crippen molar-refractivity contribution in [1.29, 1.82) is 0 Å². The van der Waals surface area contributed by atoms with E-state index in [1.165, 1.54) is 12.1 Å². The van der Waals surface area contributed by atoms with Crippen LogP contribution in [0.1, 0.15) is 30.9 Å². The third kappa shape index (κ3) is 3.74. The van der Waals surface area contributed by atoms with Crippen LogP contribution in [-0.4, -0.2) is 44.2 Å². The molecule has 2 aromatic carbocycles. The lowest BCUT2D eigenvalue weighted by Gasteiger charge is -2.40. The molecule has 0 aliphatic carbocycles. The first-order valence-electron chi connectivity index (χ1n) is 10.4. The maximum absolute atomic E-state index is 13.5. The molecule has 30 heavy (non-hydrogen) atoms. The first-order valence-corrected chi connectivity index (χ1v) is 10.4. The summed E-state index contributed by atoms with van der Waals surface area (Å²) in [4.78, 5) is 16.8. The van der Waals surface area contributed by atoms with Crippen molar-refractivity contribution in [3.05, 3.63) is 59.2 Å². The van der Waals surface area contributed by atoms with Crippen LogP contribution in [0.2, 0.25) is 0 Å². The van der Waals surface area contributed by atoms with Gasteiger partial charge in [0, 0.05) is 30.7 Å². The summed E-state index contributed by atoms with van der Waals surface area (Å²) in [6, 6.07) is 9.92. The highest BCUT2D eigenvalue weighted by molar-refractivity contribution is 5.95. The zero-order valence-corrected chi connectivity index (χ0v) is 17.4. The highest BCUT2D eigenvalue weighted by Gasteiger charge is 2.46. The van der Waals surface area contributed by atoms with Crippen LogP contribution in [0.25, 0.3) is 0 Å². The first kappa shape index (κ1) is 20.6. The Kier molecular flexibility index (Phi) is 5.64. The van der Waals surface area contributed by atoms with Crippen LogP contribution in [0.5, 0.6) is 5.75 Å². The van der Waals surface area contributed by atoms with Crippen molar-refractivity contribution in [3.63, 3.8) is 0 Å². The normalized spacial score (nSPS) is 17.8. The Bertz CT molecular complexity index is 942. The highest BCUT2D eigenvalue weighted by Crippen LogP contribution is 2.48. The van der Waals surface area contributed by atoms with Gasteiger partial charge in [0.15, 0.2) is 11.6 Å². The average Bonchev–Trinajstić information content (AvgIpc) is 3.06. The van der Waals surface area contributed by atoms with Gasteiger partial charge in [0.25, 0.3) is 0 Å². The number of nitrogens with zero attached hydrogens (tertiary/aromatic N) is 2. The minimum atomic E-state index is -0.821. The van der Waals surface area contributed by atoms with Gasteiger partial charge in [-0.25, -0.2) is 13.6 Å². The minimum Gasteiger partial charge on any atom is -0.497 e. The zero-order chi connectivity index (χ0) is 21.3. The summed E-state index contributed by atoms with van der Waals surface area (Å²) >= 11 is 0. The summed E-state index contributed by atoms with van der Waals surface area (Å²) in [7, 11) is 1.65. The predicted octanol–water partition coefficient (Wildman–Crippen LogP) is 4.06. The third-order valence-electron chi connectivity index (χ3n) is 6.30. The Balaban J connectivity index is 1.53. The van der Waals surface area contributed by atoms with E-state index in [0.717, 1.165) is 48.5 Å². The summed E-state index contributed by atoms with van der Waals surface area (Å²) in [6.07, 6.45) is 1.76. The summed E-state index contributed by atoms with van der Waals surface area (Å²) < 4.78 is 32.2. The minimum absolute atomic E-state index is 0.0787. The third-order valence-corrected chi connectivity index (χ3v) is 6.30. The van der Waals surface area contributed by atoms with Gasteiger partial charge < -0.3 is 10.1 Å². The van der Waals surface area contributed by atoms with Crippen LogP contribution in [0.15, 0.2) is 36.4 Å². The molecule has 2 aliphatic heterocycles. The number of carbonyl (C=O) groups excluding carboxylic acids is 1. The number of likely N-dealkylation sites (tertiary alicyclic amines) is 1. The van der Waals surface area contributed by atoms with Crippen molar-refractivity contribution in [2.75, 3.05) is 38.2 Å². The molecule has 0 bridgehead atoms. The van der Waals surface area contributed by atoms with Crippen molar-refractivity contribution in [1.82, 2.24) is 10.2 Å². The number of carbonyl (C=O) groups is 1. The quantitative estimate of drug-likeness (QED) is 0.819. The van der Waals surface area contributed by atoms with Crippen LogP contribution in [-0.2, 0) is 12.0 Å². The van der Waals surface area contributed by atoms with Crippen molar-refractivity contribution >= 4 is 11.7 Å². The second kappa shape index (κ2) is 8.22. The van der Waals surface area contributed by atoms with Crippen molar-refractivity contribution < 1.29 is 18.3 Å². The number of urea groups is 1. The molecule has 0 aromatic heterocycles. The molecule has 1 N–H and O–H groups in total. The van der Waals surface area contributed by atoms with Crippen molar-refractivity contribution in [2.45, 2.75) is 31.7 Å². The van der Waals surface area contributed by atoms with Crippen LogP contribution in [0.4, 0.5) is 19.3 Å². The van der Waals surface area contributed by atoms with Gasteiger partial charge in [0.1, 0.15) is 5.75 Å². The number of hydrogen-bond donors (Lipinski definition) is 1. The van der Waals surface area contributed by atoms with Crippen molar-refractivity contribution in [2.24, 2.45) is 0 Å². The van der Waals surface area contributed by atoms with Crippen molar-refractivity contribution in [3.8, 4) is 5.75 Å². The topological polar surface area (TPSA) is 44.8 Å². The number of halogens is 2. The molecule has 1 spiro atoms. The molecule has 0 radical (unpaired) electrons. The standard InChI is InChI=1S/C23H27F2N3O2/c1-3-26-22(29)28-15-23(18-13-17(30-2)5-7-21(18)28)8-10-27(11-9-23)14-16-4-6-19(24)20(25)12-16/h4-7,12-13H,3,8-11,14-15H2,1-2H3,(H,26,29). The number of anilines is 1. The Morgan fingerprint density at radius 3 is 2.57 bits per heavy atom. The lowest BCUT2D eigenvalue weighted by molar-refractivity contribution is 0.159. The lowest BCUT2D eigenvalue weighted by atomic mass is 9.74. The van der Waals surface area contributed by atoms with E-state index in [1.54, 1.807) is 13.2 Å². The van der Waals surface area contributed by atoms with E-state index in [0.29, 0.717) is 19.6 Å². The molecule has 0 unspecified atom stereocenters. The molecule has 0 atom stereocenters. The van der Waals surface area contributed by atoms with Crippen LogP contribution < -0.4 is 15.0 Å². The Morgan fingerprint density at radius 1 is 1.13 bits per heavy atom. The van der Waals surface area contributed by atoms with Gasteiger partial charge in [-0.15, -0.1) is 0 Å². The fourth-order valence-electron chi connectivity index (χ4n) is 4.67. The van der Waals surface area contributed by atoms with E-state index in [1.807, 2.05) is 24.0 Å². The van der Waals surface area contributed by atoms with Crippen LogP contribution >= 0.6 is 0 Å². The SMILES string of the molecule is CCNC(=O)N1CC2(CCN(Cc3ccc(F)c(F)c3)CC2)c2cc(OC)ccc21. The molecular weight excluding hydrogens is 388 g/mol. The Morgan fingerprint density at radius 2 is 1.90 bits per heavy atom. The van der Waals surface area contributed by atoms with E-state index < -0.39 is 11.6 Å². The predicted molar refractivity (Wildman–Crippen MR) is 112 cm³/mol. The molecule has 160 valence electrons. The van der Waals surface area contributed by atoms with Gasteiger partial charge in [-0.05, 0) is 74.3 Å². The van der Waals surface area contributed by atoms with Crippen LogP contribution in [0.3, 0.4) is 0 Å². The Hall–Kier alpha value is -2.67. The first-order chi connectivity index (χ1) is 14.5. The number of hydrogen-bond acceptors (Lipinski definition) is 3. The molecule has 0 saturated carbocycles. The largest absolute Gasteiger partial charge is 0.497 e. The van der Waals surface area contributed by atoms with Gasteiger partial charge in [0.05, 0.1) is 7.11 Å². The molecule has 2 aliphatic rings. The monoisotopic (exact) mass is 415 g/mol. The fraction of sp³-hybridized carbons (Fsp3) is 0.435. The molecule has 7 heteroatoms. The smallest absolute Gasteiger partial charge is 0.321 e. The van der Waals surface area contributed by atoms with Gasteiger partial charge >= 0.3 is 6.03 Å². The van der Waals surface area contributed by atoms with E-state index in [9.17, 15) is 13.6 Å². The maximum atomic E-state index is 13.5. The van der Waals surface area contributed by atoms with Gasteiger partial charge in [-0.2, -0.15) is 0 Å². The molecule has 2 amide bonds. The van der Waals surface area contributed by atoms with E-state index >= 15 is 0 Å². The van der Waals surface area contributed by atoms with Gasteiger partial charge in [0.2, 0.25) is 0 Å². The molecule has 5 nitrogen and oxygen atoms in total. The number of rotatable bonds is 4. The number of methoxy groups -OCH3 is 1. The number of fused-ring (bicyclic) bond motifs is 2. The molecule has 2 aromatic rings. The van der Waals surface area contributed by atoms with Gasteiger partial charge in [-0.1, -0.05) is 6.07 Å². The van der Waals surface area contributed by atoms with Gasteiger partial charge in [-0.3, -0.25) is 9.80 Å². The van der Waals surface area contributed by atoms with E-state index in [2.05, 4.69) is 16.3 Å². The van der Waals surface area contributed by atoms with Crippen LogP contribution in [0, 0.1) is 11.6 Å². The summed E-state index contributed by atoms with van der Waals surface area (Å²) in [5, 5.41) is 2.91. The molecule has 2 heterocycles. The lowest BCUT2D eigenvalue weighted by Crippen LogP contribution is -2.47. The average molecular weight is 415 g/mol. The van der Waals surface area contributed by atoms with E-state index in [-0.39, 0.29) is 11.4 Å². The second-order valence-electron chi connectivity index (χ2n) is 8.11.